The number of aromatic nitrogens is 3. The third-order valence-corrected chi connectivity index (χ3v) is 5.45. The second kappa shape index (κ2) is 8.17. The van der Waals surface area contributed by atoms with Crippen molar-refractivity contribution in [3.8, 4) is 5.69 Å². The average molecular weight is 423 g/mol. The first-order valence-electron chi connectivity index (χ1n) is 10.00. The Morgan fingerprint density at radius 2 is 1.94 bits per heavy atom. The number of hydrogen-bond acceptors (Lipinski definition) is 4. The minimum absolute atomic E-state index is 0.0511. The van der Waals surface area contributed by atoms with Gasteiger partial charge in [-0.1, -0.05) is 0 Å². The first-order valence-corrected chi connectivity index (χ1v) is 10.00. The summed E-state index contributed by atoms with van der Waals surface area (Å²) in [6.07, 6.45) is 5.25. The van der Waals surface area contributed by atoms with Crippen molar-refractivity contribution >= 4 is 11.8 Å². The molecule has 2 amide bonds. The average Bonchev–Trinajstić information content (AvgIpc) is 3.27. The van der Waals surface area contributed by atoms with E-state index in [1.54, 1.807) is 22.0 Å². The second-order valence-corrected chi connectivity index (χ2v) is 7.30. The monoisotopic (exact) mass is 423 g/mol. The standard InChI is InChI=1S/C22H22FN5O3/c1-3-27-12-14(10-25-27)21(30)26-9-8-18-15(11-26)13-28(17-6-4-16(23)5-7-17)22(31)19(18)20(29)24-2/h4-7,10,12-13H,3,8-9,11H2,1-2H3,(H,24,29). The van der Waals surface area contributed by atoms with Gasteiger partial charge in [-0.05, 0) is 48.7 Å². The maximum Gasteiger partial charge on any atom is 0.268 e. The molecule has 0 fully saturated rings. The topological polar surface area (TPSA) is 89.2 Å². The van der Waals surface area contributed by atoms with Crippen molar-refractivity contribution < 1.29 is 14.0 Å². The van der Waals surface area contributed by atoms with Crippen LogP contribution in [0.25, 0.3) is 5.69 Å². The predicted molar refractivity (Wildman–Crippen MR) is 112 cm³/mol. The molecule has 31 heavy (non-hydrogen) atoms. The number of carbonyl (C=O) groups is 2. The molecule has 0 bridgehead atoms. The molecule has 3 aromatic rings. The summed E-state index contributed by atoms with van der Waals surface area (Å²) in [7, 11) is 1.47. The Hall–Kier alpha value is -3.75. The van der Waals surface area contributed by atoms with Crippen LogP contribution in [-0.4, -0.2) is 44.7 Å². The van der Waals surface area contributed by atoms with Crippen LogP contribution in [0, 0.1) is 5.82 Å². The molecule has 160 valence electrons. The van der Waals surface area contributed by atoms with E-state index in [-0.39, 0.29) is 18.0 Å². The van der Waals surface area contributed by atoms with E-state index < -0.39 is 17.3 Å². The van der Waals surface area contributed by atoms with Gasteiger partial charge in [-0.25, -0.2) is 4.39 Å². The number of hydrogen-bond donors (Lipinski definition) is 1. The van der Waals surface area contributed by atoms with Crippen molar-refractivity contribution in [2.75, 3.05) is 13.6 Å². The number of fused-ring (bicyclic) bond motifs is 1. The van der Waals surface area contributed by atoms with E-state index in [0.717, 1.165) is 0 Å². The van der Waals surface area contributed by atoms with Gasteiger partial charge in [0.15, 0.2) is 0 Å². The van der Waals surface area contributed by atoms with E-state index >= 15 is 0 Å². The lowest BCUT2D eigenvalue weighted by Gasteiger charge is -2.30. The van der Waals surface area contributed by atoms with Crippen LogP contribution in [0.15, 0.2) is 47.7 Å². The highest BCUT2D eigenvalue weighted by molar-refractivity contribution is 5.96. The van der Waals surface area contributed by atoms with Crippen molar-refractivity contribution in [1.82, 2.24) is 24.6 Å². The van der Waals surface area contributed by atoms with Crippen LogP contribution in [-0.2, 0) is 19.5 Å². The van der Waals surface area contributed by atoms with Crippen molar-refractivity contribution in [3.63, 3.8) is 0 Å². The van der Waals surface area contributed by atoms with Crippen molar-refractivity contribution in [3.05, 3.63) is 81.3 Å². The predicted octanol–water partition coefficient (Wildman–Crippen LogP) is 1.75. The highest BCUT2D eigenvalue weighted by Gasteiger charge is 2.29. The first kappa shape index (κ1) is 20.5. The maximum atomic E-state index is 13.4. The summed E-state index contributed by atoms with van der Waals surface area (Å²) < 4.78 is 16.4. The number of benzene rings is 1. The SMILES string of the molecule is CCn1cc(C(=O)N2CCc3c(cn(-c4ccc(F)cc4)c(=O)c3C(=O)NC)C2)cn1. The molecule has 8 nitrogen and oxygen atoms in total. The van der Waals surface area contributed by atoms with Gasteiger partial charge in [0.05, 0.1) is 11.8 Å². The van der Waals surface area contributed by atoms with E-state index in [9.17, 15) is 18.8 Å². The minimum atomic E-state index is -0.485. The molecule has 2 aromatic heterocycles. The Kier molecular flexibility index (Phi) is 5.41. The quantitative estimate of drug-likeness (QED) is 0.693. The molecule has 0 spiro atoms. The van der Waals surface area contributed by atoms with Gasteiger partial charge < -0.3 is 10.2 Å². The normalized spacial score (nSPS) is 13.1. The van der Waals surface area contributed by atoms with Crippen LogP contribution in [0.2, 0.25) is 0 Å². The number of pyridine rings is 1. The van der Waals surface area contributed by atoms with Gasteiger partial charge in [-0.2, -0.15) is 5.10 Å². The second-order valence-electron chi connectivity index (χ2n) is 7.30. The lowest BCUT2D eigenvalue weighted by molar-refractivity contribution is 0.0734. The fourth-order valence-electron chi connectivity index (χ4n) is 3.81. The summed E-state index contributed by atoms with van der Waals surface area (Å²) in [5.41, 5.74) is 1.83. The molecule has 0 saturated carbocycles. The van der Waals surface area contributed by atoms with Gasteiger partial charge in [0.25, 0.3) is 17.4 Å². The lowest BCUT2D eigenvalue weighted by atomic mass is 9.95. The molecule has 0 unspecified atom stereocenters. The van der Waals surface area contributed by atoms with Gasteiger partial charge in [0.1, 0.15) is 11.4 Å². The van der Waals surface area contributed by atoms with E-state index in [2.05, 4.69) is 10.4 Å². The Bertz CT molecular complexity index is 1210. The highest BCUT2D eigenvalue weighted by Crippen LogP contribution is 2.23. The molecule has 3 heterocycles. The van der Waals surface area contributed by atoms with Crippen LogP contribution >= 0.6 is 0 Å². The van der Waals surface area contributed by atoms with E-state index in [4.69, 9.17) is 0 Å². The summed E-state index contributed by atoms with van der Waals surface area (Å²) in [6.45, 7) is 3.23. The molecular formula is C22H22FN5O3. The van der Waals surface area contributed by atoms with Crippen LogP contribution in [0.4, 0.5) is 4.39 Å². The summed E-state index contributed by atoms with van der Waals surface area (Å²) in [6, 6.07) is 5.45. The van der Waals surface area contributed by atoms with Crippen LogP contribution in [0.3, 0.4) is 0 Å². The summed E-state index contributed by atoms with van der Waals surface area (Å²) in [5.74, 6) is -1.07. The zero-order chi connectivity index (χ0) is 22.1. The third kappa shape index (κ3) is 3.74. The first-order chi connectivity index (χ1) is 14.9. The maximum absolute atomic E-state index is 13.4. The molecule has 1 N–H and O–H groups in total. The van der Waals surface area contributed by atoms with Crippen LogP contribution in [0.1, 0.15) is 38.8 Å². The molecule has 0 saturated heterocycles. The molecular weight excluding hydrogens is 401 g/mol. The van der Waals surface area contributed by atoms with Crippen LogP contribution < -0.4 is 10.9 Å². The Morgan fingerprint density at radius 1 is 1.19 bits per heavy atom. The molecule has 0 aliphatic carbocycles. The third-order valence-electron chi connectivity index (χ3n) is 5.45. The zero-order valence-electron chi connectivity index (χ0n) is 17.3. The Morgan fingerprint density at radius 3 is 2.58 bits per heavy atom. The molecule has 0 atom stereocenters. The summed E-state index contributed by atoms with van der Waals surface area (Å²) >= 11 is 0. The Labute approximate surface area is 177 Å². The number of nitrogens with one attached hydrogen (secondary N) is 1. The van der Waals surface area contributed by atoms with Crippen molar-refractivity contribution in [1.29, 1.82) is 0 Å². The number of nitrogens with zero attached hydrogens (tertiary/aromatic N) is 4. The number of rotatable bonds is 4. The molecule has 1 aliphatic heterocycles. The fourth-order valence-corrected chi connectivity index (χ4v) is 3.81. The van der Waals surface area contributed by atoms with Crippen LogP contribution in [0.5, 0.6) is 0 Å². The zero-order valence-corrected chi connectivity index (χ0v) is 17.3. The smallest absolute Gasteiger partial charge is 0.268 e. The number of aryl methyl sites for hydroxylation is 1. The largest absolute Gasteiger partial charge is 0.355 e. The highest BCUT2D eigenvalue weighted by atomic mass is 19.1. The molecule has 0 radical (unpaired) electrons. The summed E-state index contributed by atoms with van der Waals surface area (Å²) in [4.78, 5) is 40.3. The van der Waals surface area contributed by atoms with E-state index in [0.29, 0.717) is 41.9 Å². The molecule has 1 aromatic carbocycles. The lowest BCUT2D eigenvalue weighted by Crippen LogP contribution is -2.40. The van der Waals surface area contributed by atoms with Gasteiger partial charge in [-0.15, -0.1) is 0 Å². The molecule has 1 aliphatic rings. The van der Waals surface area contributed by atoms with Gasteiger partial charge in [0.2, 0.25) is 0 Å². The van der Waals surface area contributed by atoms with Gasteiger partial charge in [0, 0.05) is 44.8 Å². The van der Waals surface area contributed by atoms with Gasteiger partial charge >= 0.3 is 0 Å². The van der Waals surface area contributed by atoms with Gasteiger partial charge in [-0.3, -0.25) is 23.6 Å². The minimum Gasteiger partial charge on any atom is -0.355 e. The molecule has 9 heteroatoms. The summed E-state index contributed by atoms with van der Waals surface area (Å²) in [5, 5.41) is 6.68. The van der Waals surface area contributed by atoms with Crippen molar-refractivity contribution in [2.24, 2.45) is 0 Å². The van der Waals surface area contributed by atoms with Crippen molar-refractivity contribution in [2.45, 2.75) is 26.4 Å². The molecule has 4 rings (SSSR count). The fraction of sp³-hybridized carbons (Fsp3) is 0.273. The Balaban J connectivity index is 1.77. The van der Waals surface area contributed by atoms with E-state index in [1.165, 1.54) is 42.1 Å². The number of amides is 2. The number of carbonyl (C=O) groups excluding carboxylic acids is 2. The van der Waals surface area contributed by atoms with E-state index in [1.807, 2.05) is 6.92 Å². The number of halogens is 1.